The number of rotatable bonds is 35. The highest BCUT2D eigenvalue weighted by molar-refractivity contribution is 7.85. The highest BCUT2D eigenvalue weighted by Crippen LogP contribution is 2.16. The Kier molecular flexibility index (Phi) is 34.4. The van der Waals surface area contributed by atoms with Gasteiger partial charge in [0.2, 0.25) is 5.91 Å². The lowest BCUT2D eigenvalue weighted by Crippen LogP contribution is -2.47. The summed E-state index contributed by atoms with van der Waals surface area (Å²) < 4.78 is 32.5. The van der Waals surface area contributed by atoms with Gasteiger partial charge in [-0.25, -0.2) is 0 Å². The zero-order valence-corrected chi connectivity index (χ0v) is 32.4. The van der Waals surface area contributed by atoms with E-state index in [0.29, 0.717) is 12.8 Å². The fourth-order valence-electron chi connectivity index (χ4n) is 5.82. The van der Waals surface area contributed by atoms with Crippen molar-refractivity contribution in [1.82, 2.24) is 5.32 Å². The molecule has 0 rings (SSSR count). The Bertz CT molecular complexity index is 999. The summed E-state index contributed by atoms with van der Waals surface area (Å²) in [6.07, 6.45) is 49.1. The fourth-order valence-corrected chi connectivity index (χ4v) is 6.58. The molecular formula is C42H75NO5S. The highest BCUT2D eigenvalue weighted by Gasteiger charge is 2.25. The molecule has 0 fully saturated rings. The Morgan fingerprint density at radius 1 is 0.551 bits per heavy atom. The first kappa shape index (κ1) is 47.0. The minimum absolute atomic E-state index is 0.0848. The van der Waals surface area contributed by atoms with Crippen molar-refractivity contribution < 1.29 is 22.9 Å². The van der Waals surface area contributed by atoms with Crippen molar-refractivity contribution in [3.8, 4) is 0 Å². The second kappa shape index (κ2) is 35.9. The van der Waals surface area contributed by atoms with Crippen LogP contribution in [0.25, 0.3) is 0 Å². The minimum atomic E-state index is -4.34. The van der Waals surface area contributed by atoms with Gasteiger partial charge in [0, 0.05) is 6.42 Å². The van der Waals surface area contributed by atoms with E-state index in [1.54, 1.807) is 6.08 Å². The normalized spacial score (nSPS) is 14.0. The average Bonchev–Trinajstić information content (AvgIpc) is 3.06. The van der Waals surface area contributed by atoms with Gasteiger partial charge in [-0.15, -0.1) is 0 Å². The van der Waals surface area contributed by atoms with Crippen LogP contribution in [0.15, 0.2) is 60.8 Å². The van der Waals surface area contributed by atoms with Gasteiger partial charge >= 0.3 is 0 Å². The Hall–Kier alpha value is -1.96. The second-order valence-electron chi connectivity index (χ2n) is 13.6. The number of carbonyl (C=O) groups is 1. The van der Waals surface area contributed by atoms with Gasteiger partial charge in [0.25, 0.3) is 10.1 Å². The monoisotopic (exact) mass is 706 g/mol. The van der Waals surface area contributed by atoms with E-state index >= 15 is 0 Å². The summed E-state index contributed by atoms with van der Waals surface area (Å²) in [6.45, 7) is 4.40. The molecule has 0 spiro atoms. The number of aliphatic hydroxyl groups excluding tert-OH is 1. The summed E-state index contributed by atoms with van der Waals surface area (Å²) in [4.78, 5) is 12.4. The van der Waals surface area contributed by atoms with E-state index in [4.69, 9.17) is 0 Å². The summed E-state index contributed by atoms with van der Waals surface area (Å²) in [6, 6.07) is -1.03. The van der Waals surface area contributed by atoms with Gasteiger partial charge in [0.15, 0.2) is 0 Å². The predicted molar refractivity (Wildman–Crippen MR) is 211 cm³/mol. The van der Waals surface area contributed by atoms with Crippen LogP contribution in [0.2, 0.25) is 0 Å². The summed E-state index contributed by atoms with van der Waals surface area (Å²) >= 11 is 0. The molecule has 0 heterocycles. The lowest BCUT2D eigenvalue weighted by atomic mass is 10.0. The third kappa shape index (κ3) is 37.1. The molecule has 0 aromatic carbocycles. The van der Waals surface area contributed by atoms with Crippen LogP contribution in [-0.2, 0) is 14.9 Å². The molecule has 3 N–H and O–H groups in total. The molecule has 0 aromatic rings. The fraction of sp³-hybridized carbons (Fsp3) is 0.738. The zero-order chi connectivity index (χ0) is 36.1. The lowest BCUT2D eigenvalue weighted by molar-refractivity contribution is -0.121. The first-order valence-corrected chi connectivity index (χ1v) is 21.6. The predicted octanol–water partition coefficient (Wildman–Crippen LogP) is 11.7. The number of hydrogen-bond acceptors (Lipinski definition) is 4. The average molecular weight is 706 g/mol. The molecule has 0 aromatic heterocycles. The van der Waals surface area contributed by atoms with E-state index < -0.39 is 28.0 Å². The largest absolute Gasteiger partial charge is 0.391 e. The smallest absolute Gasteiger partial charge is 0.266 e. The van der Waals surface area contributed by atoms with Crippen LogP contribution in [-0.4, -0.2) is 41.9 Å². The highest BCUT2D eigenvalue weighted by atomic mass is 32.2. The molecule has 1 amide bonds. The van der Waals surface area contributed by atoms with Crippen molar-refractivity contribution >= 4 is 16.0 Å². The van der Waals surface area contributed by atoms with Crippen LogP contribution in [0.3, 0.4) is 0 Å². The van der Waals surface area contributed by atoms with E-state index in [1.165, 1.54) is 103 Å². The molecule has 0 bridgehead atoms. The number of nitrogens with one attached hydrogen (secondary N) is 1. The summed E-state index contributed by atoms with van der Waals surface area (Å²) in [5.41, 5.74) is 0. The van der Waals surface area contributed by atoms with Crippen LogP contribution >= 0.6 is 0 Å². The number of unbranched alkanes of at least 4 members (excludes halogenated alkanes) is 18. The Morgan fingerprint density at radius 2 is 0.898 bits per heavy atom. The van der Waals surface area contributed by atoms with Crippen LogP contribution < -0.4 is 5.32 Å². The topological polar surface area (TPSA) is 104 Å². The molecule has 2 unspecified atom stereocenters. The van der Waals surface area contributed by atoms with Crippen molar-refractivity contribution in [3.05, 3.63) is 60.8 Å². The van der Waals surface area contributed by atoms with Crippen molar-refractivity contribution in [3.63, 3.8) is 0 Å². The van der Waals surface area contributed by atoms with E-state index in [0.717, 1.165) is 44.9 Å². The van der Waals surface area contributed by atoms with Gasteiger partial charge in [0.1, 0.15) is 0 Å². The number of allylic oxidation sites excluding steroid dienone is 9. The van der Waals surface area contributed by atoms with Gasteiger partial charge < -0.3 is 10.4 Å². The minimum Gasteiger partial charge on any atom is -0.391 e. The molecule has 2 atom stereocenters. The van der Waals surface area contributed by atoms with Crippen molar-refractivity contribution in [2.45, 2.75) is 193 Å². The van der Waals surface area contributed by atoms with E-state index in [1.807, 2.05) is 12.2 Å². The second-order valence-corrected chi connectivity index (χ2v) is 15.1. The number of carbonyl (C=O) groups excluding carboxylic acids is 1. The van der Waals surface area contributed by atoms with Gasteiger partial charge in [-0.1, -0.05) is 197 Å². The van der Waals surface area contributed by atoms with Crippen LogP contribution in [0, 0.1) is 0 Å². The van der Waals surface area contributed by atoms with Crippen LogP contribution in [0.1, 0.15) is 181 Å². The van der Waals surface area contributed by atoms with E-state index in [2.05, 4.69) is 61.7 Å². The van der Waals surface area contributed by atoms with Gasteiger partial charge in [0.05, 0.1) is 17.9 Å². The Balaban J connectivity index is 3.99. The first-order chi connectivity index (χ1) is 23.8. The Labute approximate surface area is 302 Å². The third-order valence-electron chi connectivity index (χ3n) is 8.77. The maximum Gasteiger partial charge on any atom is 0.266 e. The molecule has 6 nitrogen and oxygen atoms in total. The maximum atomic E-state index is 12.4. The zero-order valence-electron chi connectivity index (χ0n) is 31.5. The van der Waals surface area contributed by atoms with Gasteiger partial charge in [-0.05, 0) is 38.5 Å². The molecule has 0 aliphatic rings. The molecule has 0 aliphatic carbocycles. The quantitative estimate of drug-likeness (QED) is 0.0346. The number of amides is 1. The van der Waals surface area contributed by atoms with Crippen molar-refractivity contribution in [2.75, 3.05) is 5.75 Å². The number of aliphatic hydroxyl groups is 1. The summed E-state index contributed by atoms with van der Waals surface area (Å²) in [5, 5.41) is 13.3. The molecule has 0 saturated heterocycles. The lowest BCUT2D eigenvalue weighted by Gasteiger charge is -2.23. The van der Waals surface area contributed by atoms with Gasteiger partial charge in [-0.3, -0.25) is 9.35 Å². The standard InChI is InChI=1S/C42H75NO5S/c1-3-5-7-9-11-13-15-17-19-20-21-22-24-25-27-29-31-33-35-37-41(44)40(39-49(46,47)48)43-42(45)38-36-34-32-30-28-26-23-18-16-14-12-10-8-6-4-2/h6,8,12,14,18,23,28,30,34,36,40-41,44H,3-5,7,9-11,13,15-17,19-22,24-27,29,31-33,35,37-39H2,1-2H3,(H,43,45)(H,46,47,48)/b8-6-,14-12-,23-18-,30-28-,36-34-. The van der Waals surface area contributed by atoms with Crippen molar-refractivity contribution in [1.29, 1.82) is 0 Å². The molecule has 0 aliphatic heterocycles. The van der Waals surface area contributed by atoms with Gasteiger partial charge in [-0.2, -0.15) is 8.42 Å². The molecule has 284 valence electrons. The number of hydrogen-bond donors (Lipinski definition) is 3. The molecule has 7 heteroatoms. The Morgan fingerprint density at radius 3 is 1.27 bits per heavy atom. The molecule has 0 saturated carbocycles. The summed E-state index contributed by atoms with van der Waals surface area (Å²) in [7, 11) is -4.34. The SMILES string of the molecule is CC/C=C\C/C=C\C/C=C\C/C=C\C/C=C\CC(=O)NC(CS(=O)(=O)O)C(O)CCCCCCCCCCCCCCCCCCCCC. The molecule has 0 radical (unpaired) electrons. The van der Waals surface area contributed by atoms with E-state index in [9.17, 15) is 22.9 Å². The first-order valence-electron chi connectivity index (χ1n) is 20.0. The third-order valence-corrected chi connectivity index (χ3v) is 9.55. The van der Waals surface area contributed by atoms with E-state index in [-0.39, 0.29) is 12.3 Å². The molecule has 49 heavy (non-hydrogen) atoms. The van der Waals surface area contributed by atoms with Crippen LogP contribution in [0.4, 0.5) is 0 Å². The summed E-state index contributed by atoms with van der Waals surface area (Å²) in [5.74, 6) is -1.06. The molecular weight excluding hydrogens is 631 g/mol. The van der Waals surface area contributed by atoms with Crippen molar-refractivity contribution in [2.24, 2.45) is 0 Å². The van der Waals surface area contributed by atoms with Crippen LogP contribution in [0.5, 0.6) is 0 Å². The maximum absolute atomic E-state index is 12.4.